The average Bonchev–Trinajstić information content (AvgIpc) is 3.50. The van der Waals surface area contributed by atoms with Crippen molar-refractivity contribution in [2.24, 2.45) is 0 Å². The number of carbonyl (C=O) groups excluding carboxylic acids is 1. The second-order valence-electron chi connectivity index (χ2n) is 7.50. The van der Waals surface area contributed by atoms with Crippen LogP contribution in [0.5, 0.6) is 0 Å². The summed E-state index contributed by atoms with van der Waals surface area (Å²) in [5.41, 5.74) is 3.48. The van der Waals surface area contributed by atoms with E-state index in [2.05, 4.69) is 15.2 Å². The smallest absolute Gasteiger partial charge is 0.252 e. The molecule has 3 aromatic rings. The number of amides is 1. The van der Waals surface area contributed by atoms with E-state index < -0.39 is 0 Å². The van der Waals surface area contributed by atoms with Crippen molar-refractivity contribution in [3.8, 4) is 0 Å². The number of carbonyl (C=O) groups is 1. The zero-order valence-corrected chi connectivity index (χ0v) is 16.8. The van der Waals surface area contributed by atoms with E-state index in [1.807, 2.05) is 42.2 Å². The lowest BCUT2D eigenvalue weighted by atomic mass is 9.97. The van der Waals surface area contributed by atoms with Gasteiger partial charge >= 0.3 is 0 Å². The molecule has 2 aliphatic rings. The maximum absolute atomic E-state index is 13.5. The molecule has 148 valence electrons. The SMILES string of the molecule is Cc1c(Cl)ccc2[nH]c(C3CCCN3C(=O)C3=CC=CCC3n3nccn3)nc12. The summed E-state index contributed by atoms with van der Waals surface area (Å²) in [5.74, 6) is 0.839. The van der Waals surface area contributed by atoms with Crippen molar-refractivity contribution in [1.82, 2.24) is 29.9 Å². The number of halogens is 1. The second kappa shape index (κ2) is 7.15. The summed E-state index contributed by atoms with van der Waals surface area (Å²) in [4.78, 5) is 25.3. The van der Waals surface area contributed by atoms with Crippen molar-refractivity contribution in [1.29, 1.82) is 0 Å². The van der Waals surface area contributed by atoms with Gasteiger partial charge in [-0.3, -0.25) is 4.79 Å². The molecule has 1 amide bonds. The minimum Gasteiger partial charge on any atom is -0.340 e. The number of hydrogen-bond acceptors (Lipinski definition) is 4. The van der Waals surface area contributed by atoms with Crippen LogP contribution in [0.1, 0.15) is 42.7 Å². The molecule has 2 aromatic heterocycles. The largest absolute Gasteiger partial charge is 0.340 e. The van der Waals surface area contributed by atoms with Gasteiger partial charge in [-0.25, -0.2) is 4.98 Å². The maximum Gasteiger partial charge on any atom is 0.252 e. The molecule has 1 N–H and O–H groups in total. The van der Waals surface area contributed by atoms with E-state index in [-0.39, 0.29) is 18.0 Å². The molecule has 7 nitrogen and oxygen atoms in total. The fourth-order valence-corrected chi connectivity index (χ4v) is 4.41. The summed E-state index contributed by atoms with van der Waals surface area (Å²) >= 11 is 6.26. The second-order valence-corrected chi connectivity index (χ2v) is 7.91. The van der Waals surface area contributed by atoms with Crippen LogP contribution < -0.4 is 0 Å². The molecule has 0 saturated carbocycles. The number of fused-ring (bicyclic) bond motifs is 1. The lowest BCUT2D eigenvalue weighted by molar-refractivity contribution is -0.128. The highest BCUT2D eigenvalue weighted by atomic mass is 35.5. The van der Waals surface area contributed by atoms with E-state index in [4.69, 9.17) is 16.6 Å². The Hall–Kier alpha value is -2.93. The number of nitrogens with zero attached hydrogens (tertiary/aromatic N) is 5. The van der Waals surface area contributed by atoms with Crippen LogP contribution in [0.25, 0.3) is 11.0 Å². The standard InChI is InChI=1S/C21H21ClN6O/c1-13-15(22)8-9-16-19(13)26-20(25-16)18-7-4-12-27(18)21(29)14-5-2-3-6-17(14)28-23-10-11-24-28/h2-3,5,8-11,17-18H,4,6-7,12H2,1H3,(H,25,26). The Morgan fingerprint density at radius 2 is 2.07 bits per heavy atom. The van der Waals surface area contributed by atoms with Crippen LogP contribution in [-0.4, -0.2) is 42.3 Å². The molecule has 29 heavy (non-hydrogen) atoms. The lowest BCUT2D eigenvalue weighted by Gasteiger charge is -2.28. The van der Waals surface area contributed by atoms with Crippen LogP contribution in [-0.2, 0) is 4.79 Å². The highest BCUT2D eigenvalue weighted by Crippen LogP contribution is 2.36. The Kier molecular flexibility index (Phi) is 4.47. The Morgan fingerprint density at radius 1 is 1.24 bits per heavy atom. The van der Waals surface area contributed by atoms with E-state index in [1.165, 1.54) is 0 Å². The van der Waals surface area contributed by atoms with Crippen LogP contribution in [0.2, 0.25) is 5.02 Å². The number of likely N-dealkylation sites (tertiary alicyclic amines) is 1. The summed E-state index contributed by atoms with van der Waals surface area (Å²) in [6.07, 6.45) is 11.7. The molecule has 1 saturated heterocycles. The quantitative estimate of drug-likeness (QED) is 0.712. The zero-order chi connectivity index (χ0) is 20.0. The number of hydrogen-bond donors (Lipinski definition) is 1. The Labute approximate surface area is 173 Å². The molecule has 0 bridgehead atoms. The highest BCUT2D eigenvalue weighted by Gasteiger charge is 2.36. The number of aromatic amines is 1. The van der Waals surface area contributed by atoms with Gasteiger partial charge in [0.1, 0.15) is 11.9 Å². The molecular formula is C21H21ClN6O. The first-order chi connectivity index (χ1) is 14.1. The van der Waals surface area contributed by atoms with E-state index in [0.717, 1.165) is 35.3 Å². The van der Waals surface area contributed by atoms with E-state index in [1.54, 1.807) is 17.2 Å². The van der Waals surface area contributed by atoms with Gasteiger partial charge in [0.2, 0.25) is 0 Å². The Bertz CT molecular complexity index is 1130. The molecule has 8 heteroatoms. The van der Waals surface area contributed by atoms with Crippen molar-refractivity contribution < 1.29 is 4.79 Å². The predicted molar refractivity (Wildman–Crippen MR) is 110 cm³/mol. The molecule has 0 spiro atoms. The van der Waals surface area contributed by atoms with Crippen LogP contribution in [0.3, 0.4) is 0 Å². The van der Waals surface area contributed by atoms with Gasteiger partial charge in [-0.05, 0) is 43.9 Å². The molecule has 3 heterocycles. The topological polar surface area (TPSA) is 79.7 Å². The summed E-state index contributed by atoms with van der Waals surface area (Å²) in [6, 6.07) is 3.56. The normalized spacial score (nSPS) is 21.7. The number of aromatic nitrogens is 5. The first-order valence-electron chi connectivity index (χ1n) is 9.81. The van der Waals surface area contributed by atoms with Gasteiger partial charge in [0, 0.05) is 17.1 Å². The van der Waals surface area contributed by atoms with Gasteiger partial charge in [-0.1, -0.05) is 29.8 Å². The first-order valence-corrected chi connectivity index (χ1v) is 10.2. The van der Waals surface area contributed by atoms with Crippen LogP contribution in [0, 0.1) is 6.92 Å². The molecule has 0 radical (unpaired) electrons. The van der Waals surface area contributed by atoms with E-state index in [0.29, 0.717) is 23.6 Å². The molecule has 5 rings (SSSR count). The van der Waals surface area contributed by atoms with Gasteiger partial charge < -0.3 is 9.88 Å². The van der Waals surface area contributed by atoms with E-state index in [9.17, 15) is 4.79 Å². The summed E-state index contributed by atoms with van der Waals surface area (Å²) in [5, 5.41) is 9.20. The van der Waals surface area contributed by atoms with Gasteiger partial charge in [0.25, 0.3) is 5.91 Å². The Morgan fingerprint density at radius 3 is 2.90 bits per heavy atom. The zero-order valence-electron chi connectivity index (χ0n) is 16.0. The van der Waals surface area contributed by atoms with Crippen molar-refractivity contribution in [2.45, 2.75) is 38.3 Å². The summed E-state index contributed by atoms with van der Waals surface area (Å²) < 4.78 is 0. The van der Waals surface area contributed by atoms with Crippen LogP contribution >= 0.6 is 11.6 Å². The van der Waals surface area contributed by atoms with Crippen molar-refractivity contribution >= 4 is 28.5 Å². The molecule has 1 aromatic carbocycles. The van der Waals surface area contributed by atoms with Crippen molar-refractivity contribution in [3.63, 3.8) is 0 Å². The number of aryl methyl sites for hydroxylation is 1. The van der Waals surface area contributed by atoms with Gasteiger partial charge in [0.15, 0.2) is 0 Å². The third kappa shape index (κ3) is 3.06. The molecule has 1 aliphatic heterocycles. The fourth-order valence-electron chi connectivity index (χ4n) is 4.26. The number of benzene rings is 1. The fraction of sp³-hybridized carbons (Fsp3) is 0.333. The Balaban J connectivity index is 1.48. The van der Waals surface area contributed by atoms with Gasteiger partial charge in [0.05, 0.1) is 29.5 Å². The number of imidazole rings is 1. The molecule has 2 atom stereocenters. The van der Waals surface area contributed by atoms with Crippen LogP contribution in [0.4, 0.5) is 0 Å². The minimum atomic E-state index is -0.180. The molecular weight excluding hydrogens is 388 g/mol. The van der Waals surface area contributed by atoms with Crippen LogP contribution in [0.15, 0.2) is 48.3 Å². The summed E-state index contributed by atoms with van der Waals surface area (Å²) in [7, 11) is 0. The monoisotopic (exact) mass is 408 g/mol. The van der Waals surface area contributed by atoms with Crippen molar-refractivity contribution in [3.05, 3.63) is 64.7 Å². The summed E-state index contributed by atoms with van der Waals surface area (Å²) in [6.45, 7) is 2.67. The van der Waals surface area contributed by atoms with Gasteiger partial charge in [-0.2, -0.15) is 15.0 Å². The molecule has 1 fully saturated rings. The lowest BCUT2D eigenvalue weighted by Crippen LogP contribution is -2.35. The number of H-pyrrole nitrogens is 1. The van der Waals surface area contributed by atoms with Gasteiger partial charge in [-0.15, -0.1) is 0 Å². The molecule has 2 unspecified atom stereocenters. The maximum atomic E-state index is 13.5. The average molecular weight is 409 g/mol. The number of allylic oxidation sites excluding steroid dienone is 3. The van der Waals surface area contributed by atoms with E-state index >= 15 is 0 Å². The first kappa shape index (κ1) is 18.1. The van der Waals surface area contributed by atoms with Crippen molar-refractivity contribution in [2.75, 3.05) is 6.54 Å². The predicted octanol–water partition coefficient (Wildman–Crippen LogP) is 3.91. The minimum absolute atomic E-state index is 0.0226. The highest BCUT2D eigenvalue weighted by molar-refractivity contribution is 6.32. The number of rotatable bonds is 3. The number of nitrogens with one attached hydrogen (secondary N) is 1. The third-order valence-corrected chi connectivity index (χ3v) is 6.19. The third-order valence-electron chi connectivity index (χ3n) is 5.78. The molecule has 1 aliphatic carbocycles.